The Morgan fingerprint density at radius 1 is 1.14 bits per heavy atom. The van der Waals surface area contributed by atoms with Crippen LogP contribution in [0, 0.1) is 5.92 Å². The minimum Gasteiger partial charge on any atom is -0.497 e. The summed E-state index contributed by atoms with van der Waals surface area (Å²) in [6.45, 7) is 2.03. The first kappa shape index (κ1) is 14.6. The van der Waals surface area contributed by atoms with Crippen LogP contribution in [0.3, 0.4) is 0 Å². The van der Waals surface area contributed by atoms with Gasteiger partial charge in [0.1, 0.15) is 11.5 Å². The zero-order chi connectivity index (χ0) is 15.5. The first-order valence-electron chi connectivity index (χ1n) is 7.32. The number of hydrogen-bond donors (Lipinski definition) is 0. The van der Waals surface area contributed by atoms with E-state index in [9.17, 15) is 4.79 Å². The Morgan fingerprint density at radius 3 is 2.41 bits per heavy atom. The maximum Gasteiger partial charge on any atom is 0.137 e. The summed E-state index contributed by atoms with van der Waals surface area (Å²) in [5.74, 6) is 0.765. The van der Waals surface area contributed by atoms with Gasteiger partial charge in [0.25, 0.3) is 0 Å². The van der Waals surface area contributed by atoms with Gasteiger partial charge in [-0.1, -0.05) is 30.3 Å². The minimum atomic E-state index is -0.173. The monoisotopic (exact) mass is 297 g/mol. The minimum absolute atomic E-state index is 0.120. The average molecular weight is 297 g/mol. The third-order valence-corrected chi connectivity index (χ3v) is 4.02. The second-order valence-electron chi connectivity index (χ2n) is 5.39. The highest BCUT2D eigenvalue weighted by atomic mass is 16.7. The number of para-hydroxylation sites is 1. The fraction of sp³-hybridized carbons (Fsp3) is 0.278. The molecule has 0 aromatic heterocycles. The van der Waals surface area contributed by atoms with E-state index in [1.807, 2.05) is 59.7 Å². The number of hydrogen-bond acceptors (Lipinski definition) is 4. The van der Waals surface area contributed by atoms with E-state index in [-0.39, 0.29) is 17.7 Å². The van der Waals surface area contributed by atoms with Crippen molar-refractivity contribution in [1.29, 1.82) is 0 Å². The van der Waals surface area contributed by atoms with Crippen LogP contribution in [0.15, 0.2) is 54.6 Å². The van der Waals surface area contributed by atoms with E-state index in [4.69, 9.17) is 9.57 Å². The van der Waals surface area contributed by atoms with E-state index in [0.29, 0.717) is 6.61 Å². The van der Waals surface area contributed by atoms with Crippen LogP contribution < -0.4 is 9.80 Å². The van der Waals surface area contributed by atoms with Gasteiger partial charge in [-0.05, 0) is 36.8 Å². The fourth-order valence-electron chi connectivity index (χ4n) is 2.81. The molecule has 0 radical (unpaired) electrons. The van der Waals surface area contributed by atoms with Gasteiger partial charge in [0.2, 0.25) is 0 Å². The number of hydroxylamine groups is 1. The molecule has 114 valence electrons. The van der Waals surface area contributed by atoms with E-state index >= 15 is 0 Å². The molecule has 4 nitrogen and oxygen atoms in total. The van der Waals surface area contributed by atoms with E-state index in [0.717, 1.165) is 17.0 Å². The van der Waals surface area contributed by atoms with Gasteiger partial charge in [0, 0.05) is 0 Å². The molecule has 3 rings (SSSR count). The van der Waals surface area contributed by atoms with Crippen LogP contribution in [0.1, 0.15) is 18.5 Å². The molecular formula is C18H19NO3. The highest BCUT2D eigenvalue weighted by molar-refractivity contribution is 5.80. The van der Waals surface area contributed by atoms with Gasteiger partial charge in [-0.2, -0.15) is 0 Å². The van der Waals surface area contributed by atoms with Crippen molar-refractivity contribution in [2.45, 2.75) is 13.0 Å². The molecule has 1 aliphatic rings. The Kier molecular flexibility index (Phi) is 4.11. The molecule has 2 aromatic rings. The Morgan fingerprint density at radius 2 is 1.82 bits per heavy atom. The van der Waals surface area contributed by atoms with Crippen molar-refractivity contribution in [3.63, 3.8) is 0 Å². The van der Waals surface area contributed by atoms with Crippen molar-refractivity contribution in [2.24, 2.45) is 5.92 Å². The molecule has 0 N–H and O–H groups in total. The summed E-state index contributed by atoms with van der Waals surface area (Å²) in [7, 11) is 1.64. The Hall–Kier alpha value is -2.33. The van der Waals surface area contributed by atoms with Gasteiger partial charge in [0.05, 0.1) is 31.4 Å². The topological polar surface area (TPSA) is 38.8 Å². The predicted octanol–water partition coefficient (Wildman–Crippen LogP) is 3.39. The van der Waals surface area contributed by atoms with Gasteiger partial charge in [-0.25, -0.2) is 5.06 Å². The van der Waals surface area contributed by atoms with E-state index < -0.39 is 0 Å². The molecule has 2 atom stereocenters. The predicted molar refractivity (Wildman–Crippen MR) is 84.8 cm³/mol. The number of ether oxygens (including phenoxy) is 1. The lowest BCUT2D eigenvalue weighted by atomic mass is 9.91. The summed E-state index contributed by atoms with van der Waals surface area (Å²) in [5, 5.41) is 1.84. The van der Waals surface area contributed by atoms with E-state index in [1.54, 1.807) is 14.0 Å². The molecule has 1 saturated heterocycles. The number of rotatable bonds is 4. The van der Waals surface area contributed by atoms with E-state index in [1.165, 1.54) is 0 Å². The van der Waals surface area contributed by atoms with Crippen molar-refractivity contribution in [2.75, 3.05) is 18.8 Å². The van der Waals surface area contributed by atoms with Crippen molar-refractivity contribution in [1.82, 2.24) is 0 Å². The summed E-state index contributed by atoms with van der Waals surface area (Å²) >= 11 is 0. The highest BCUT2D eigenvalue weighted by Gasteiger charge is 2.39. The summed E-state index contributed by atoms with van der Waals surface area (Å²) in [4.78, 5) is 17.8. The van der Waals surface area contributed by atoms with Crippen LogP contribution in [0.25, 0.3) is 0 Å². The fourth-order valence-corrected chi connectivity index (χ4v) is 2.81. The second kappa shape index (κ2) is 6.20. The SMILES string of the molecule is COc1ccc([C@H]2[C@@H](C(C)=O)CON2c2ccccc2)cc1. The van der Waals surface area contributed by atoms with Crippen molar-refractivity contribution in [3.05, 3.63) is 60.2 Å². The number of methoxy groups -OCH3 is 1. The lowest BCUT2D eigenvalue weighted by Crippen LogP contribution is -2.27. The van der Waals surface area contributed by atoms with Crippen molar-refractivity contribution < 1.29 is 14.4 Å². The summed E-state index contributed by atoms with van der Waals surface area (Å²) in [6, 6.07) is 17.5. The van der Waals surface area contributed by atoms with Crippen LogP contribution >= 0.6 is 0 Å². The quantitative estimate of drug-likeness (QED) is 0.867. The summed E-state index contributed by atoms with van der Waals surface area (Å²) in [6.07, 6.45) is 0. The van der Waals surface area contributed by atoms with Crippen molar-refractivity contribution >= 4 is 11.5 Å². The molecule has 0 aliphatic carbocycles. The first-order chi connectivity index (χ1) is 10.7. The number of carbonyl (C=O) groups excluding carboxylic acids is 1. The Labute approximate surface area is 130 Å². The molecule has 1 heterocycles. The molecule has 0 spiro atoms. The molecular weight excluding hydrogens is 278 g/mol. The van der Waals surface area contributed by atoms with E-state index in [2.05, 4.69) is 0 Å². The Balaban J connectivity index is 1.98. The third kappa shape index (κ3) is 2.70. The van der Waals surface area contributed by atoms with Crippen molar-refractivity contribution in [3.8, 4) is 5.75 Å². The van der Waals surface area contributed by atoms with Crippen LogP contribution in [0.4, 0.5) is 5.69 Å². The van der Waals surface area contributed by atoms with Crippen LogP contribution in [-0.2, 0) is 9.63 Å². The molecule has 0 unspecified atom stereocenters. The van der Waals surface area contributed by atoms with Crippen LogP contribution in [0.2, 0.25) is 0 Å². The standard InChI is InChI=1S/C18H19NO3/c1-13(20)17-12-22-19(15-6-4-3-5-7-15)18(17)14-8-10-16(21-2)11-9-14/h3-11,17-18H,12H2,1-2H3/t17-,18+/m1/s1. The number of carbonyl (C=O) groups is 1. The number of benzene rings is 2. The normalized spacial score (nSPS) is 20.9. The highest BCUT2D eigenvalue weighted by Crippen LogP contribution is 2.39. The number of Topliss-reactive ketones (excluding diaryl/α,β-unsaturated/α-hetero) is 1. The first-order valence-corrected chi connectivity index (χ1v) is 7.32. The second-order valence-corrected chi connectivity index (χ2v) is 5.39. The maximum atomic E-state index is 12.0. The zero-order valence-electron chi connectivity index (χ0n) is 12.7. The molecule has 1 fully saturated rings. The van der Waals surface area contributed by atoms with Gasteiger partial charge in [0.15, 0.2) is 0 Å². The average Bonchev–Trinajstić information content (AvgIpc) is 3.01. The van der Waals surface area contributed by atoms with Gasteiger partial charge in [-0.3, -0.25) is 9.63 Å². The third-order valence-electron chi connectivity index (χ3n) is 4.02. The molecule has 4 heteroatoms. The number of ketones is 1. The molecule has 0 amide bonds. The molecule has 2 aromatic carbocycles. The van der Waals surface area contributed by atoms with Gasteiger partial charge in [-0.15, -0.1) is 0 Å². The largest absolute Gasteiger partial charge is 0.497 e. The van der Waals surface area contributed by atoms with Crippen LogP contribution in [-0.4, -0.2) is 19.5 Å². The lowest BCUT2D eigenvalue weighted by Gasteiger charge is -2.27. The smallest absolute Gasteiger partial charge is 0.137 e. The lowest BCUT2D eigenvalue weighted by molar-refractivity contribution is -0.121. The van der Waals surface area contributed by atoms with Crippen LogP contribution in [0.5, 0.6) is 5.75 Å². The Bertz CT molecular complexity index is 639. The molecule has 0 saturated carbocycles. The molecule has 22 heavy (non-hydrogen) atoms. The number of anilines is 1. The van der Waals surface area contributed by atoms with Gasteiger partial charge >= 0.3 is 0 Å². The zero-order valence-corrected chi connectivity index (χ0v) is 12.7. The maximum absolute atomic E-state index is 12.0. The summed E-state index contributed by atoms with van der Waals surface area (Å²) in [5.41, 5.74) is 1.99. The number of nitrogens with zero attached hydrogens (tertiary/aromatic N) is 1. The molecule has 1 aliphatic heterocycles. The molecule has 0 bridgehead atoms. The van der Waals surface area contributed by atoms with Gasteiger partial charge < -0.3 is 4.74 Å². The summed E-state index contributed by atoms with van der Waals surface area (Å²) < 4.78 is 5.21.